The second-order valence-corrected chi connectivity index (χ2v) is 3.34. The van der Waals surface area contributed by atoms with E-state index in [4.69, 9.17) is 9.47 Å². The Morgan fingerprint density at radius 3 is 2.76 bits per heavy atom. The number of aldehydes is 1. The van der Waals surface area contributed by atoms with E-state index in [1.807, 2.05) is 0 Å². The van der Waals surface area contributed by atoms with E-state index in [0.717, 1.165) is 12.2 Å². The summed E-state index contributed by atoms with van der Waals surface area (Å²) in [6, 6.07) is 5.12. The SMILES string of the molecule is O=C/C=C\C(=O)Nc1ccc2c(c1)OCCO2. The van der Waals surface area contributed by atoms with Crippen LogP contribution in [0.15, 0.2) is 30.4 Å². The fourth-order valence-corrected chi connectivity index (χ4v) is 1.43. The summed E-state index contributed by atoms with van der Waals surface area (Å²) in [6.07, 6.45) is 2.83. The van der Waals surface area contributed by atoms with Gasteiger partial charge in [0, 0.05) is 17.8 Å². The Bertz CT molecular complexity index is 468. The molecule has 88 valence electrons. The zero-order valence-electron chi connectivity index (χ0n) is 9.01. The topological polar surface area (TPSA) is 64.6 Å². The number of hydrogen-bond donors (Lipinski definition) is 1. The van der Waals surface area contributed by atoms with Gasteiger partial charge in [-0.05, 0) is 18.2 Å². The molecule has 1 heterocycles. The number of carbonyl (C=O) groups excluding carboxylic acids is 2. The van der Waals surface area contributed by atoms with Crippen LogP contribution in [-0.2, 0) is 9.59 Å². The molecule has 0 saturated heterocycles. The number of carbonyl (C=O) groups is 2. The molecule has 5 nitrogen and oxygen atoms in total. The third-order valence-electron chi connectivity index (χ3n) is 2.14. The van der Waals surface area contributed by atoms with Gasteiger partial charge in [0.15, 0.2) is 11.5 Å². The number of ether oxygens (including phenoxy) is 2. The van der Waals surface area contributed by atoms with Gasteiger partial charge in [-0.3, -0.25) is 9.59 Å². The van der Waals surface area contributed by atoms with Crippen LogP contribution in [0.25, 0.3) is 0 Å². The predicted octanol–water partition coefficient (Wildman–Crippen LogP) is 1.15. The quantitative estimate of drug-likeness (QED) is 0.628. The van der Waals surface area contributed by atoms with Crippen LogP contribution in [0.3, 0.4) is 0 Å². The molecular formula is C12H11NO4. The fourth-order valence-electron chi connectivity index (χ4n) is 1.43. The molecule has 0 fully saturated rings. The van der Waals surface area contributed by atoms with E-state index >= 15 is 0 Å². The molecule has 1 aliphatic heterocycles. The summed E-state index contributed by atoms with van der Waals surface area (Å²) in [4.78, 5) is 21.4. The highest BCUT2D eigenvalue weighted by atomic mass is 16.6. The Hall–Kier alpha value is -2.30. The summed E-state index contributed by atoms with van der Waals surface area (Å²) in [5.74, 6) is 0.903. The van der Waals surface area contributed by atoms with E-state index < -0.39 is 0 Å². The van der Waals surface area contributed by atoms with Gasteiger partial charge in [0.05, 0.1) is 0 Å². The number of fused-ring (bicyclic) bond motifs is 1. The number of benzene rings is 1. The van der Waals surface area contributed by atoms with Crippen LogP contribution in [0.4, 0.5) is 5.69 Å². The van der Waals surface area contributed by atoms with Crippen molar-refractivity contribution in [3.8, 4) is 11.5 Å². The second-order valence-electron chi connectivity index (χ2n) is 3.34. The molecule has 0 saturated carbocycles. The molecule has 17 heavy (non-hydrogen) atoms. The summed E-state index contributed by atoms with van der Waals surface area (Å²) >= 11 is 0. The number of allylic oxidation sites excluding steroid dienone is 1. The van der Waals surface area contributed by atoms with Crippen molar-refractivity contribution in [3.63, 3.8) is 0 Å². The standard InChI is InChI=1S/C12H11NO4/c14-5-1-2-12(15)13-9-3-4-10-11(8-9)17-7-6-16-10/h1-5,8H,6-7H2,(H,13,15)/b2-1-. The molecule has 0 radical (unpaired) electrons. The molecule has 2 rings (SSSR count). The van der Waals surface area contributed by atoms with E-state index in [1.54, 1.807) is 18.2 Å². The Morgan fingerprint density at radius 2 is 2.00 bits per heavy atom. The summed E-state index contributed by atoms with van der Waals surface area (Å²) in [7, 11) is 0. The highest BCUT2D eigenvalue weighted by Gasteiger charge is 2.11. The van der Waals surface area contributed by atoms with Crippen molar-refractivity contribution in [1.82, 2.24) is 0 Å². The number of rotatable bonds is 3. The fraction of sp³-hybridized carbons (Fsp3) is 0.167. The smallest absolute Gasteiger partial charge is 0.248 e. The number of nitrogens with one attached hydrogen (secondary N) is 1. The highest BCUT2D eigenvalue weighted by molar-refractivity contribution is 6.01. The van der Waals surface area contributed by atoms with Crippen LogP contribution in [0, 0.1) is 0 Å². The van der Waals surface area contributed by atoms with Gasteiger partial charge in [0.2, 0.25) is 5.91 Å². The molecule has 0 aliphatic carbocycles. The number of hydrogen-bond acceptors (Lipinski definition) is 4. The van der Waals surface area contributed by atoms with E-state index in [1.165, 1.54) is 0 Å². The van der Waals surface area contributed by atoms with Crippen LogP contribution in [0.2, 0.25) is 0 Å². The van der Waals surface area contributed by atoms with Crippen molar-refractivity contribution in [3.05, 3.63) is 30.4 Å². The van der Waals surface area contributed by atoms with Crippen LogP contribution >= 0.6 is 0 Å². The van der Waals surface area contributed by atoms with Crippen LogP contribution in [0.5, 0.6) is 11.5 Å². The predicted molar refractivity (Wildman–Crippen MR) is 61.3 cm³/mol. The van der Waals surface area contributed by atoms with Crippen molar-refractivity contribution >= 4 is 17.9 Å². The van der Waals surface area contributed by atoms with Crippen molar-refractivity contribution in [2.75, 3.05) is 18.5 Å². The van der Waals surface area contributed by atoms with Crippen LogP contribution < -0.4 is 14.8 Å². The van der Waals surface area contributed by atoms with E-state index in [9.17, 15) is 9.59 Å². The summed E-state index contributed by atoms with van der Waals surface area (Å²) < 4.78 is 10.7. The van der Waals surface area contributed by atoms with Crippen molar-refractivity contribution in [1.29, 1.82) is 0 Å². The first-order valence-corrected chi connectivity index (χ1v) is 5.12. The van der Waals surface area contributed by atoms with Crippen LogP contribution in [0.1, 0.15) is 0 Å². The minimum atomic E-state index is -0.367. The molecule has 0 unspecified atom stereocenters. The zero-order chi connectivity index (χ0) is 12.1. The van der Waals surface area contributed by atoms with Gasteiger partial charge in [0.1, 0.15) is 19.5 Å². The minimum Gasteiger partial charge on any atom is -0.486 e. The first-order chi connectivity index (χ1) is 8.29. The van der Waals surface area contributed by atoms with Gasteiger partial charge in [-0.1, -0.05) is 0 Å². The Labute approximate surface area is 98.0 Å². The third kappa shape index (κ3) is 2.84. The Kier molecular flexibility index (Phi) is 3.40. The lowest BCUT2D eigenvalue weighted by molar-refractivity contribution is -0.112. The van der Waals surface area contributed by atoms with Gasteiger partial charge < -0.3 is 14.8 Å². The second kappa shape index (κ2) is 5.16. The molecule has 1 amide bonds. The molecular weight excluding hydrogens is 222 g/mol. The van der Waals surface area contributed by atoms with Gasteiger partial charge in [-0.25, -0.2) is 0 Å². The number of amides is 1. The van der Waals surface area contributed by atoms with Crippen LogP contribution in [-0.4, -0.2) is 25.4 Å². The molecule has 1 aliphatic rings. The largest absolute Gasteiger partial charge is 0.486 e. The van der Waals surface area contributed by atoms with Crippen molar-refractivity contribution in [2.24, 2.45) is 0 Å². The minimum absolute atomic E-state index is 0.367. The van der Waals surface area contributed by atoms with Crippen molar-refractivity contribution < 1.29 is 19.1 Å². The Morgan fingerprint density at radius 1 is 1.24 bits per heavy atom. The van der Waals surface area contributed by atoms with Crippen molar-refractivity contribution in [2.45, 2.75) is 0 Å². The molecule has 1 aromatic carbocycles. The lowest BCUT2D eigenvalue weighted by Gasteiger charge is -2.18. The molecule has 1 aromatic rings. The van der Waals surface area contributed by atoms with E-state index in [0.29, 0.717) is 36.7 Å². The Balaban J connectivity index is 2.09. The molecule has 1 N–H and O–H groups in total. The maximum atomic E-state index is 11.3. The highest BCUT2D eigenvalue weighted by Crippen LogP contribution is 2.32. The lowest BCUT2D eigenvalue weighted by Crippen LogP contribution is -2.16. The summed E-state index contributed by atoms with van der Waals surface area (Å²) in [6.45, 7) is 1.02. The molecule has 0 bridgehead atoms. The lowest BCUT2D eigenvalue weighted by atomic mass is 10.2. The summed E-state index contributed by atoms with van der Waals surface area (Å²) in [5.41, 5.74) is 0.592. The first-order valence-electron chi connectivity index (χ1n) is 5.12. The molecule has 0 atom stereocenters. The maximum Gasteiger partial charge on any atom is 0.248 e. The van der Waals surface area contributed by atoms with Gasteiger partial charge >= 0.3 is 0 Å². The first kappa shape index (κ1) is 11.2. The van der Waals surface area contributed by atoms with Gasteiger partial charge in [-0.2, -0.15) is 0 Å². The van der Waals surface area contributed by atoms with Gasteiger partial charge in [-0.15, -0.1) is 0 Å². The average Bonchev–Trinajstić information content (AvgIpc) is 2.36. The van der Waals surface area contributed by atoms with E-state index in [2.05, 4.69) is 5.32 Å². The zero-order valence-corrected chi connectivity index (χ0v) is 9.01. The molecule has 5 heteroatoms. The van der Waals surface area contributed by atoms with E-state index in [-0.39, 0.29) is 5.91 Å². The molecule has 0 aromatic heterocycles. The average molecular weight is 233 g/mol. The van der Waals surface area contributed by atoms with Gasteiger partial charge in [0.25, 0.3) is 0 Å². The molecule has 0 spiro atoms. The maximum absolute atomic E-state index is 11.3. The third-order valence-corrected chi connectivity index (χ3v) is 2.14. The monoisotopic (exact) mass is 233 g/mol. The normalized spacial score (nSPS) is 13.4. The number of anilines is 1. The summed E-state index contributed by atoms with van der Waals surface area (Å²) in [5, 5.41) is 2.61.